The molecule has 0 bridgehead atoms. The van der Waals surface area contributed by atoms with Crippen molar-refractivity contribution in [2.24, 2.45) is 0 Å². The predicted octanol–water partition coefficient (Wildman–Crippen LogP) is 2.22. The van der Waals surface area contributed by atoms with Gasteiger partial charge in [-0.3, -0.25) is 18.8 Å². The summed E-state index contributed by atoms with van der Waals surface area (Å²) in [5.74, 6) is -1.50. The van der Waals surface area contributed by atoms with Gasteiger partial charge < -0.3 is 25.8 Å². The van der Waals surface area contributed by atoms with Gasteiger partial charge in [-0.2, -0.15) is 0 Å². The summed E-state index contributed by atoms with van der Waals surface area (Å²) in [6.45, 7) is 0.365. The summed E-state index contributed by atoms with van der Waals surface area (Å²) in [6, 6.07) is 16.4. The largest absolute Gasteiger partial charge is 0.482 e. The molecule has 0 aliphatic carbocycles. The number of hydrogen-bond donors (Lipinski definition) is 4. The Balaban J connectivity index is 1.25. The first kappa shape index (κ1) is 23.5. The molecule has 2 aromatic heterocycles. The molecule has 0 saturated carbocycles. The Bertz CT molecular complexity index is 1540. The number of ether oxygens (including phenoxy) is 1. The number of carbonyl (C=O) groups excluding carboxylic acids is 3. The van der Waals surface area contributed by atoms with E-state index in [2.05, 4.69) is 20.9 Å². The number of pyridine rings is 1. The van der Waals surface area contributed by atoms with Gasteiger partial charge in [-0.15, -0.1) is 0 Å². The first-order chi connectivity index (χ1) is 17.9. The number of carbonyl (C=O) groups is 4. The lowest BCUT2D eigenvalue weighted by atomic mass is 10.1. The smallest absolute Gasteiger partial charge is 0.335 e. The molecule has 186 valence electrons. The monoisotopic (exact) mass is 499 g/mol. The number of aromatic nitrogens is 2. The Hall–Kier alpha value is -5.19. The molecule has 11 heteroatoms. The Labute approximate surface area is 210 Å². The number of carboxylic acids is 1. The number of nitrogens with zero attached hydrogens (tertiary/aromatic N) is 2. The number of amides is 3. The maximum atomic E-state index is 12.8. The zero-order valence-electron chi connectivity index (χ0n) is 19.4. The lowest BCUT2D eigenvalue weighted by molar-refractivity contribution is -0.118. The molecule has 3 heterocycles. The lowest BCUT2D eigenvalue weighted by Gasteiger charge is -2.18. The van der Waals surface area contributed by atoms with Crippen LogP contribution in [-0.2, 0) is 17.9 Å². The first-order valence-electron chi connectivity index (χ1n) is 11.3. The average Bonchev–Trinajstić information content (AvgIpc) is 3.35. The molecular formula is C26H21N5O6. The molecule has 0 fully saturated rings. The van der Waals surface area contributed by atoms with Crippen molar-refractivity contribution in [3.8, 4) is 5.75 Å². The minimum absolute atomic E-state index is 0.0309. The molecule has 0 radical (unpaired) electrons. The molecule has 11 nitrogen and oxygen atoms in total. The van der Waals surface area contributed by atoms with Crippen LogP contribution in [-0.4, -0.2) is 44.8 Å². The van der Waals surface area contributed by atoms with E-state index in [4.69, 9.17) is 9.84 Å². The van der Waals surface area contributed by atoms with Crippen LogP contribution in [0.1, 0.15) is 42.5 Å². The van der Waals surface area contributed by atoms with E-state index in [1.165, 1.54) is 22.7 Å². The van der Waals surface area contributed by atoms with Gasteiger partial charge in [0.05, 0.1) is 11.3 Å². The van der Waals surface area contributed by atoms with Crippen LogP contribution in [0.4, 0.5) is 5.69 Å². The van der Waals surface area contributed by atoms with Gasteiger partial charge in [-0.25, -0.2) is 9.78 Å². The number of anilines is 1. The topological polar surface area (TPSA) is 151 Å². The Morgan fingerprint density at radius 3 is 2.49 bits per heavy atom. The average molecular weight is 499 g/mol. The molecule has 0 atom stereocenters. The highest BCUT2D eigenvalue weighted by Gasteiger charge is 2.18. The van der Waals surface area contributed by atoms with Gasteiger partial charge >= 0.3 is 5.97 Å². The van der Waals surface area contributed by atoms with Gasteiger partial charge in [0.2, 0.25) is 0 Å². The van der Waals surface area contributed by atoms with Crippen molar-refractivity contribution in [2.45, 2.75) is 13.1 Å². The van der Waals surface area contributed by atoms with Gasteiger partial charge in [-0.1, -0.05) is 24.3 Å². The van der Waals surface area contributed by atoms with Gasteiger partial charge in [-0.05, 0) is 47.5 Å². The summed E-state index contributed by atoms with van der Waals surface area (Å²) in [4.78, 5) is 52.5. The van der Waals surface area contributed by atoms with Crippen molar-refractivity contribution in [1.29, 1.82) is 0 Å². The summed E-state index contributed by atoms with van der Waals surface area (Å²) >= 11 is 0. The molecule has 0 spiro atoms. The standard InChI is InChI=1S/C26H21N5O6/c32-23-14-37-21-9-6-16(10-18(21)30-23)12-27-24(33)19-13-31-20(2-1-3-22(31)29-19)25(34)28-11-15-4-7-17(8-5-15)26(35)36/h1-10,13H,11-12,14H2,(H,27,33)(H,28,34)(H,30,32)(H,35,36). The molecule has 4 aromatic rings. The van der Waals surface area contributed by atoms with E-state index in [1.807, 2.05) is 0 Å². The number of rotatable bonds is 7. The maximum absolute atomic E-state index is 12.8. The van der Waals surface area contributed by atoms with Crippen molar-refractivity contribution in [3.63, 3.8) is 0 Å². The van der Waals surface area contributed by atoms with E-state index in [0.717, 1.165) is 11.1 Å². The fraction of sp³-hybridized carbons (Fsp3) is 0.115. The van der Waals surface area contributed by atoms with Crippen LogP contribution in [0.3, 0.4) is 0 Å². The zero-order chi connectivity index (χ0) is 25.9. The van der Waals surface area contributed by atoms with Crippen LogP contribution in [0.25, 0.3) is 5.65 Å². The van der Waals surface area contributed by atoms with Crippen molar-refractivity contribution in [2.75, 3.05) is 11.9 Å². The van der Waals surface area contributed by atoms with Crippen LogP contribution in [0, 0.1) is 0 Å². The van der Waals surface area contributed by atoms with Crippen molar-refractivity contribution in [3.05, 3.63) is 94.9 Å². The number of imidazole rings is 1. The number of nitrogens with one attached hydrogen (secondary N) is 3. The number of fused-ring (bicyclic) bond motifs is 2. The maximum Gasteiger partial charge on any atom is 0.335 e. The molecule has 0 saturated heterocycles. The van der Waals surface area contributed by atoms with Gasteiger partial charge in [0.15, 0.2) is 6.61 Å². The molecular weight excluding hydrogens is 478 g/mol. The first-order valence-corrected chi connectivity index (χ1v) is 11.3. The quantitative estimate of drug-likeness (QED) is 0.304. The van der Waals surface area contributed by atoms with Gasteiger partial charge in [0, 0.05) is 19.3 Å². The fourth-order valence-electron chi connectivity index (χ4n) is 3.86. The second kappa shape index (κ2) is 9.82. The summed E-state index contributed by atoms with van der Waals surface area (Å²) in [5, 5.41) is 17.3. The van der Waals surface area contributed by atoms with E-state index in [1.54, 1.807) is 48.5 Å². The van der Waals surface area contributed by atoms with E-state index >= 15 is 0 Å². The minimum atomic E-state index is -1.02. The summed E-state index contributed by atoms with van der Waals surface area (Å²) in [6.07, 6.45) is 1.49. The second-order valence-electron chi connectivity index (χ2n) is 8.30. The van der Waals surface area contributed by atoms with Crippen LogP contribution in [0.15, 0.2) is 66.9 Å². The highest BCUT2D eigenvalue weighted by atomic mass is 16.5. The third kappa shape index (κ3) is 5.10. The van der Waals surface area contributed by atoms with Crippen molar-refractivity contribution >= 4 is 35.0 Å². The van der Waals surface area contributed by atoms with E-state index in [0.29, 0.717) is 17.1 Å². The van der Waals surface area contributed by atoms with Crippen molar-refractivity contribution in [1.82, 2.24) is 20.0 Å². The third-order valence-corrected chi connectivity index (χ3v) is 5.74. The normalized spacial score (nSPS) is 12.3. The van der Waals surface area contributed by atoms with E-state index < -0.39 is 11.9 Å². The van der Waals surface area contributed by atoms with E-state index in [9.17, 15) is 19.2 Å². The molecule has 4 N–H and O–H groups in total. The fourth-order valence-corrected chi connectivity index (χ4v) is 3.86. The molecule has 1 aliphatic heterocycles. The SMILES string of the molecule is O=C1COc2ccc(CNC(=O)c3cn4c(C(=O)NCc5ccc(C(=O)O)cc5)cccc4n3)cc2N1. The highest BCUT2D eigenvalue weighted by molar-refractivity contribution is 5.96. The number of benzene rings is 2. The molecule has 2 aromatic carbocycles. The Kier molecular flexibility index (Phi) is 6.25. The second-order valence-corrected chi connectivity index (χ2v) is 8.30. The highest BCUT2D eigenvalue weighted by Crippen LogP contribution is 2.28. The molecule has 3 amide bonds. The molecule has 0 unspecified atom stereocenters. The van der Waals surface area contributed by atoms with Crippen LogP contribution < -0.4 is 20.7 Å². The number of hydrogen-bond acceptors (Lipinski definition) is 6. The Morgan fingerprint density at radius 2 is 1.70 bits per heavy atom. The van der Waals surface area contributed by atoms with Crippen LogP contribution in [0.5, 0.6) is 5.75 Å². The summed E-state index contributed by atoms with van der Waals surface area (Å²) in [7, 11) is 0. The predicted molar refractivity (Wildman–Crippen MR) is 132 cm³/mol. The lowest BCUT2D eigenvalue weighted by Crippen LogP contribution is -2.26. The molecule has 37 heavy (non-hydrogen) atoms. The summed E-state index contributed by atoms with van der Waals surface area (Å²) < 4.78 is 6.87. The molecule has 5 rings (SSSR count). The van der Waals surface area contributed by atoms with Gasteiger partial charge in [0.1, 0.15) is 22.8 Å². The van der Waals surface area contributed by atoms with Gasteiger partial charge in [0.25, 0.3) is 17.7 Å². The van der Waals surface area contributed by atoms with Crippen LogP contribution >= 0.6 is 0 Å². The zero-order valence-corrected chi connectivity index (χ0v) is 19.4. The Morgan fingerprint density at radius 1 is 0.973 bits per heavy atom. The molecule has 1 aliphatic rings. The minimum Gasteiger partial charge on any atom is -0.482 e. The van der Waals surface area contributed by atoms with E-state index in [-0.39, 0.29) is 48.5 Å². The number of aromatic carboxylic acids is 1. The van der Waals surface area contributed by atoms with Crippen molar-refractivity contribution < 1.29 is 29.0 Å². The third-order valence-electron chi connectivity index (χ3n) is 5.74. The summed E-state index contributed by atoms with van der Waals surface area (Å²) in [5.41, 5.74) is 3.07. The number of carboxylic acid groups (broad SMARTS) is 1. The van der Waals surface area contributed by atoms with Crippen LogP contribution in [0.2, 0.25) is 0 Å².